The first-order valence-electron chi connectivity index (χ1n) is 6.65. The molecule has 1 aliphatic rings. The first kappa shape index (κ1) is 12.8. The summed E-state index contributed by atoms with van der Waals surface area (Å²) in [6.07, 6.45) is 5.54. The van der Waals surface area contributed by atoms with Crippen LogP contribution in [0.1, 0.15) is 38.2 Å². The predicted molar refractivity (Wildman–Crippen MR) is 75.8 cm³/mol. The van der Waals surface area contributed by atoms with E-state index in [9.17, 15) is 0 Å². The van der Waals surface area contributed by atoms with E-state index < -0.39 is 0 Å². The van der Waals surface area contributed by atoms with Crippen molar-refractivity contribution in [2.75, 3.05) is 11.9 Å². The van der Waals surface area contributed by atoms with E-state index in [4.69, 9.17) is 11.6 Å². The van der Waals surface area contributed by atoms with Gasteiger partial charge in [0.2, 0.25) is 0 Å². The van der Waals surface area contributed by atoms with Crippen LogP contribution in [0.3, 0.4) is 0 Å². The molecule has 0 spiro atoms. The van der Waals surface area contributed by atoms with E-state index in [-0.39, 0.29) is 0 Å². The van der Waals surface area contributed by atoms with Gasteiger partial charge in [0.05, 0.1) is 0 Å². The largest absolute Gasteiger partial charge is 0.385 e. The molecule has 0 aromatic heterocycles. The lowest BCUT2D eigenvalue weighted by atomic mass is 9.82. The molecule has 1 nitrogen and oxygen atoms in total. The average molecular weight is 252 g/mol. The van der Waals surface area contributed by atoms with Crippen molar-refractivity contribution in [1.29, 1.82) is 0 Å². The fourth-order valence-electron chi connectivity index (χ4n) is 2.71. The van der Waals surface area contributed by atoms with E-state index in [1.807, 2.05) is 13.0 Å². The Kier molecular flexibility index (Phi) is 4.33. The van der Waals surface area contributed by atoms with Gasteiger partial charge in [0.25, 0.3) is 0 Å². The fraction of sp³-hybridized carbons (Fsp3) is 0.600. The Morgan fingerprint density at radius 2 is 2.18 bits per heavy atom. The van der Waals surface area contributed by atoms with Gasteiger partial charge in [-0.1, -0.05) is 37.4 Å². The molecule has 0 bridgehead atoms. The maximum Gasteiger partial charge on any atom is 0.0455 e. The second kappa shape index (κ2) is 5.77. The molecule has 1 aromatic rings. The molecule has 0 aliphatic heterocycles. The van der Waals surface area contributed by atoms with Crippen molar-refractivity contribution in [3.8, 4) is 0 Å². The first-order chi connectivity index (χ1) is 8.15. The summed E-state index contributed by atoms with van der Waals surface area (Å²) < 4.78 is 0. The summed E-state index contributed by atoms with van der Waals surface area (Å²) in [7, 11) is 0. The van der Waals surface area contributed by atoms with E-state index in [2.05, 4.69) is 24.4 Å². The minimum Gasteiger partial charge on any atom is -0.385 e. The molecule has 2 heteroatoms. The third kappa shape index (κ3) is 3.64. The van der Waals surface area contributed by atoms with Crippen LogP contribution in [0.4, 0.5) is 5.69 Å². The maximum atomic E-state index is 6.12. The van der Waals surface area contributed by atoms with Crippen LogP contribution in [0, 0.1) is 18.8 Å². The zero-order valence-corrected chi connectivity index (χ0v) is 11.6. The summed E-state index contributed by atoms with van der Waals surface area (Å²) >= 11 is 6.12. The standard InChI is InChI=1S/C15H22ClN/c1-11-4-3-5-13(8-11)10-17-14-7-6-12(2)15(16)9-14/h6-7,9,11,13,17H,3-5,8,10H2,1-2H3. The smallest absolute Gasteiger partial charge is 0.0455 e. The highest BCUT2D eigenvalue weighted by Gasteiger charge is 2.18. The molecule has 0 amide bonds. The van der Waals surface area contributed by atoms with Gasteiger partial charge in [-0.3, -0.25) is 0 Å². The third-order valence-electron chi connectivity index (χ3n) is 3.81. The Bertz CT molecular complexity index is 375. The first-order valence-corrected chi connectivity index (χ1v) is 7.03. The molecule has 1 fully saturated rings. The van der Waals surface area contributed by atoms with Gasteiger partial charge < -0.3 is 5.32 Å². The maximum absolute atomic E-state index is 6.12. The second-order valence-electron chi connectivity index (χ2n) is 5.48. The normalized spacial score (nSPS) is 24.6. The zero-order chi connectivity index (χ0) is 12.3. The Hall–Kier alpha value is -0.690. The van der Waals surface area contributed by atoms with Crippen molar-refractivity contribution in [3.05, 3.63) is 28.8 Å². The van der Waals surface area contributed by atoms with Gasteiger partial charge in [-0.05, 0) is 49.3 Å². The molecule has 1 saturated carbocycles. The van der Waals surface area contributed by atoms with Crippen LogP contribution in [0.5, 0.6) is 0 Å². The lowest BCUT2D eigenvalue weighted by Gasteiger charge is -2.27. The number of benzene rings is 1. The van der Waals surface area contributed by atoms with Crippen molar-refractivity contribution < 1.29 is 0 Å². The number of hydrogen-bond donors (Lipinski definition) is 1. The molecular weight excluding hydrogens is 230 g/mol. The quantitative estimate of drug-likeness (QED) is 0.807. The number of hydrogen-bond acceptors (Lipinski definition) is 1. The fourth-order valence-corrected chi connectivity index (χ4v) is 2.89. The van der Waals surface area contributed by atoms with E-state index >= 15 is 0 Å². The molecule has 2 rings (SSSR count). The molecule has 17 heavy (non-hydrogen) atoms. The van der Waals surface area contributed by atoms with Crippen molar-refractivity contribution in [1.82, 2.24) is 0 Å². The highest BCUT2D eigenvalue weighted by molar-refractivity contribution is 6.31. The average Bonchev–Trinajstić information content (AvgIpc) is 2.31. The molecule has 0 saturated heterocycles. The van der Waals surface area contributed by atoms with Crippen molar-refractivity contribution in [2.24, 2.45) is 11.8 Å². The van der Waals surface area contributed by atoms with Crippen LogP contribution in [-0.2, 0) is 0 Å². The number of aryl methyl sites for hydroxylation is 1. The minimum absolute atomic E-state index is 0.832. The van der Waals surface area contributed by atoms with E-state index in [1.165, 1.54) is 25.7 Å². The molecule has 2 atom stereocenters. The van der Waals surface area contributed by atoms with Gasteiger partial charge in [-0.25, -0.2) is 0 Å². The van der Waals surface area contributed by atoms with Gasteiger partial charge in [0, 0.05) is 17.3 Å². The third-order valence-corrected chi connectivity index (χ3v) is 4.22. The van der Waals surface area contributed by atoms with Crippen molar-refractivity contribution in [2.45, 2.75) is 39.5 Å². The van der Waals surface area contributed by atoms with Crippen LogP contribution in [0.15, 0.2) is 18.2 Å². The summed E-state index contributed by atoms with van der Waals surface area (Å²) in [5.41, 5.74) is 2.29. The van der Waals surface area contributed by atoms with Gasteiger partial charge in [0.1, 0.15) is 0 Å². The number of anilines is 1. The molecule has 0 heterocycles. The summed E-state index contributed by atoms with van der Waals surface area (Å²) in [6, 6.07) is 6.23. The second-order valence-corrected chi connectivity index (χ2v) is 5.89. The van der Waals surface area contributed by atoms with Crippen LogP contribution in [0.2, 0.25) is 5.02 Å². The van der Waals surface area contributed by atoms with E-state index in [1.54, 1.807) is 0 Å². The van der Waals surface area contributed by atoms with Crippen LogP contribution < -0.4 is 5.32 Å². The Morgan fingerprint density at radius 3 is 2.88 bits per heavy atom. The molecule has 1 aromatic carbocycles. The minimum atomic E-state index is 0.832. The van der Waals surface area contributed by atoms with E-state index in [0.717, 1.165) is 34.7 Å². The lowest BCUT2D eigenvalue weighted by Crippen LogP contribution is -2.20. The summed E-state index contributed by atoms with van der Waals surface area (Å²) in [5, 5.41) is 4.37. The van der Waals surface area contributed by atoms with Gasteiger partial charge in [-0.2, -0.15) is 0 Å². The summed E-state index contributed by atoms with van der Waals surface area (Å²) in [6.45, 7) is 5.49. The number of halogens is 1. The van der Waals surface area contributed by atoms with Gasteiger partial charge in [0.15, 0.2) is 0 Å². The predicted octanol–water partition coefficient (Wildman–Crippen LogP) is 4.89. The van der Waals surface area contributed by atoms with E-state index in [0.29, 0.717) is 0 Å². The van der Waals surface area contributed by atoms with Crippen LogP contribution >= 0.6 is 11.6 Å². The van der Waals surface area contributed by atoms with Gasteiger partial charge in [-0.15, -0.1) is 0 Å². The summed E-state index contributed by atoms with van der Waals surface area (Å²) in [5.74, 6) is 1.73. The van der Waals surface area contributed by atoms with Crippen LogP contribution in [0.25, 0.3) is 0 Å². The van der Waals surface area contributed by atoms with Gasteiger partial charge >= 0.3 is 0 Å². The molecule has 0 radical (unpaired) electrons. The number of rotatable bonds is 3. The Balaban J connectivity index is 1.86. The van der Waals surface area contributed by atoms with Crippen LogP contribution in [-0.4, -0.2) is 6.54 Å². The SMILES string of the molecule is Cc1ccc(NCC2CCCC(C)C2)cc1Cl. The summed E-state index contributed by atoms with van der Waals surface area (Å²) in [4.78, 5) is 0. The molecule has 2 unspecified atom stereocenters. The topological polar surface area (TPSA) is 12.0 Å². The Morgan fingerprint density at radius 1 is 1.35 bits per heavy atom. The van der Waals surface area contributed by atoms with Crippen molar-refractivity contribution >= 4 is 17.3 Å². The zero-order valence-electron chi connectivity index (χ0n) is 10.8. The highest BCUT2D eigenvalue weighted by atomic mass is 35.5. The lowest BCUT2D eigenvalue weighted by molar-refractivity contribution is 0.293. The Labute approximate surface area is 110 Å². The number of nitrogens with one attached hydrogen (secondary N) is 1. The highest BCUT2D eigenvalue weighted by Crippen LogP contribution is 2.29. The monoisotopic (exact) mass is 251 g/mol. The molecule has 1 aliphatic carbocycles. The van der Waals surface area contributed by atoms with Crippen molar-refractivity contribution in [3.63, 3.8) is 0 Å². The molecule has 94 valence electrons. The molecular formula is C15H22ClN. The molecule has 1 N–H and O–H groups in total.